The first kappa shape index (κ1) is 30.6. The molecule has 10 heteroatoms. The van der Waals surface area contributed by atoms with Gasteiger partial charge in [0.05, 0.1) is 19.1 Å². The third-order valence-corrected chi connectivity index (χ3v) is 7.56. The Bertz CT molecular complexity index is 1380. The summed E-state index contributed by atoms with van der Waals surface area (Å²) in [6.45, 7) is 1.61. The molecule has 8 nitrogen and oxygen atoms in total. The fraction of sp³-hybridized carbons (Fsp3) is 0.333. The van der Waals surface area contributed by atoms with E-state index in [4.69, 9.17) is 4.74 Å². The van der Waals surface area contributed by atoms with Gasteiger partial charge in [-0.3, -0.25) is 13.9 Å². The Morgan fingerprint density at radius 1 is 1.00 bits per heavy atom. The predicted octanol–water partition coefficient (Wildman–Crippen LogP) is 4.16. The van der Waals surface area contributed by atoms with E-state index >= 15 is 0 Å². The van der Waals surface area contributed by atoms with Crippen LogP contribution in [-0.4, -0.2) is 57.6 Å². The van der Waals surface area contributed by atoms with Crippen LogP contribution < -0.4 is 14.4 Å². The first-order valence-electron chi connectivity index (χ1n) is 13.1. The zero-order valence-electron chi connectivity index (χ0n) is 23.0. The molecule has 3 aromatic rings. The van der Waals surface area contributed by atoms with Crippen LogP contribution in [0.5, 0.6) is 5.75 Å². The molecular formula is C30H36FN3O5S. The summed E-state index contributed by atoms with van der Waals surface area (Å²) in [5.41, 5.74) is 1.24. The maximum atomic E-state index is 14.8. The molecule has 0 bridgehead atoms. The Labute approximate surface area is 235 Å². The van der Waals surface area contributed by atoms with E-state index in [1.165, 1.54) is 30.2 Å². The van der Waals surface area contributed by atoms with Crippen LogP contribution >= 0.6 is 0 Å². The van der Waals surface area contributed by atoms with Crippen molar-refractivity contribution in [3.63, 3.8) is 0 Å². The average molecular weight is 570 g/mol. The molecule has 0 aromatic heterocycles. The maximum Gasteiger partial charge on any atom is 0.244 e. The number of nitrogens with one attached hydrogen (secondary N) is 1. The third kappa shape index (κ3) is 8.54. The van der Waals surface area contributed by atoms with E-state index < -0.39 is 40.2 Å². The van der Waals surface area contributed by atoms with Crippen molar-refractivity contribution in [3.05, 3.63) is 95.8 Å². The molecule has 214 valence electrons. The van der Waals surface area contributed by atoms with Crippen LogP contribution in [0, 0.1) is 5.82 Å². The minimum Gasteiger partial charge on any atom is -0.497 e. The van der Waals surface area contributed by atoms with Crippen LogP contribution in [0.2, 0.25) is 0 Å². The van der Waals surface area contributed by atoms with Gasteiger partial charge in [0.15, 0.2) is 0 Å². The second-order valence-electron chi connectivity index (χ2n) is 9.43. The van der Waals surface area contributed by atoms with Crippen LogP contribution in [0.15, 0.2) is 78.9 Å². The van der Waals surface area contributed by atoms with Crippen LogP contribution in [0.1, 0.15) is 30.9 Å². The summed E-state index contributed by atoms with van der Waals surface area (Å²) in [5.74, 6) is -1.16. The van der Waals surface area contributed by atoms with Gasteiger partial charge in [0.2, 0.25) is 21.8 Å². The molecule has 1 atom stereocenters. The highest BCUT2D eigenvalue weighted by atomic mass is 32.2. The van der Waals surface area contributed by atoms with Crippen LogP contribution in [-0.2, 0) is 32.6 Å². The van der Waals surface area contributed by atoms with E-state index in [0.717, 1.165) is 29.0 Å². The predicted molar refractivity (Wildman–Crippen MR) is 154 cm³/mol. The standard InChI is InChI=1S/C30H36FN3O5S/c1-4-5-18-32-30(36)28(19-23-12-7-6-8-13-23)33(21-24-14-9-10-17-27(24)31)29(35)22-34(40(3,37)38)25-15-11-16-26(20-25)39-2/h6-17,20,28H,4-5,18-19,21-22H2,1-3H3,(H,32,36)/t28-/m1/s1. The number of ether oxygens (including phenoxy) is 1. The molecule has 40 heavy (non-hydrogen) atoms. The lowest BCUT2D eigenvalue weighted by Crippen LogP contribution is -2.53. The Balaban J connectivity index is 2.05. The number of nitrogens with zero attached hydrogens (tertiary/aromatic N) is 2. The van der Waals surface area contributed by atoms with Gasteiger partial charge < -0.3 is 15.0 Å². The number of hydrogen-bond donors (Lipinski definition) is 1. The number of carbonyl (C=O) groups is 2. The van der Waals surface area contributed by atoms with Crippen LogP contribution in [0.4, 0.5) is 10.1 Å². The van der Waals surface area contributed by atoms with E-state index in [-0.39, 0.29) is 24.2 Å². The maximum absolute atomic E-state index is 14.8. The summed E-state index contributed by atoms with van der Waals surface area (Å²) in [6.07, 6.45) is 2.78. The topological polar surface area (TPSA) is 96.0 Å². The second-order valence-corrected chi connectivity index (χ2v) is 11.3. The van der Waals surface area contributed by atoms with Crippen molar-refractivity contribution in [3.8, 4) is 5.75 Å². The largest absolute Gasteiger partial charge is 0.497 e. The zero-order valence-corrected chi connectivity index (χ0v) is 23.9. The fourth-order valence-electron chi connectivity index (χ4n) is 4.25. The first-order chi connectivity index (χ1) is 19.1. The highest BCUT2D eigenvalue weighted by Gasteiger charge is 2.33. The number of carbonyl (C=O) groups excluding carboxylic acids is 2. The summed E-state index contributed by atoms with van der Waals surface area (Å²) >= 11 is 0. The molecule has 0 saturated heterocycles. The lowest BCUT2D eigenvalue weighted by molar-refractivity contribution is -0.140. The molecule has 0 unspecified atom stereocenters. The smallest absolute Gasteiger partial charge is 0.244 e. The molecular weight excluding hydrogens is 533 g/mol. The number of rotatable bonds is 14. The van der Waals surface area contributed by atoms with Crippen molar-refractivity contribution in [2.75, 3.05) is 30.8 Å². The minimum absolute atomic E-state index is 0.164. The molecule has 2 amide bonds. The van der Waals surface area contributed by atoms with Crippen molar-refractivity contribution in [1.82, 2.24) is 10.2 Å². The number of amides is 2. The first-order valence-corrected chi connectivity index (χ1v) is 14.9. The van der Waals surface area contributed by atoms with Gasteiger partial charge in [-0.15, -0.1) is 0 Å². The van der Waals surface area contributed by atoms with Gasteiger partial charge >= 0.3 is 0 Å². The van der Waals surface area contributed by atoms with Crippen LogP contribution in [0.25, 0.3) is 0 Å². The highest BCUT2D eigenvalue weighted by Crippen LogP contribution is 2.24. The molecule has 0 aliphatic carbocycles. The van der Waals surface area contributed by atoms with Crippen molar-refractivity contribution >= 4 is 27.5 Å². The Morgan fingerprint density at radius 2 is 1.70 bits per heavy atom. The Hall–Kier alpha value is -3.92. The van der Waals surface area contributed by atoms with Crippen LogP contribution in [0.3, 0.4) is 0 Å². The Kier molecular flexibility index (Phi) is 11.1. The Morgan fingerprint density at radius 3 is 2.35 bits per heavy atom. The van der Waals surface area contributed by atoms with Crippen molar-refractivity contribution < 1.29 is 27.1 Å². The van der Waals surface area contributed by atoms with Crippen molar-refractivity contribution in [1.29, 1.82) is 0 Å². The summed E-state index contributed by atoms with van der Waals surface area (Å²) in [7, 11) is -2.46. The van der Waals surface area contributed by atoms with Gasteiger partial charge in [-0.25, -0.2) is 12.8 Å². The van der Waals surface area contributed by atoms with E-state index in [2.05, 4.69) is 5.32 Å². The lowest BCUT2D eigenvalue weighted by Gasteiger charge is -2.33. The monoisotopic (exact) mass is 569 g/mol. The number of anilines is 1. The molecule has 3 rings (SSSR count). The number of halogens is 1. The molecule has 0 fully saturated rings. The normalized spacial score (nSPS) is 11.9. The van der Waals surface area contributed by atoms with E-state index in [1.54, 1.807) is 30.3 Å². The summed E-state index contributed by atoms with van der Waals surface area (Å²) in [6, 6.07) is 20.5. The molecule has 0 aliphatic rings. The number of unbranched alkanes of at least 4 members (excludes halogenated alkanes) is 1. The molecule has 0 saturated carbocycles. The quantitative estimate of drug-likeness (QED) is 0.294. The number of hydrogen-bond acceptors (Lipinski definition) is 5. The van der Waals surface area contributed by atoms with E-state index in [9.17, 15) is 22.4 Å². The average Bonchev–Trinajstić information content (AvgIpc) is 2.94. The second kappa shape index (κ2) is 14.5. The minimum atomic E-state index is -3.92. The number of benzene rings is 3. The molecule has 0 heterocycles. The number of methoxy groups -OCH3 is 1. The van der Waals surface area contributed by atoms with Crippen molar-refractivity contribution in [2.24, 2.45) is 0 Å². The van der Waals surface area contributed by atoms with Gasteiger partial charge in [0.1, 0.15) is 24.2 Å². The fourth-order valence-corrected chi connectivity index (χ4v) is 5.09. The molecule has 0 radical (unpaired) electrons. The molecule has 3 aromatic carbocycles. The molecule has 0 spiro atoms. The van der Waals surface area contributed by atoms with Gasteiger partial charge in [-0.05, 0) is 30.2 Å². The van der Waals surface area contributed by atoms with Gasteiger partial charge in [-0.1, -0.05) is 67.9 Å². The molecule has 1 N–H and O–H groups in total. The van der Waals surface area contributed by atoms with Gasteiger partial charge in [0.25, 0.3) is 0 Å². The summed E-state index contributed by atoms with van der Waals surface area (Å²) < 4.78 is 46.7. The summed E-state index contributed by atoms with van der Waals surface area (Å²) in [4.78, 5) is 28.8. The zero-order chi connectivity index (χ0) is 29.1. The van der Waals surface area contributed by atoms with E-state index in [0.29, 0.717) is 12.3 Å². The SMILES string of the molecule is CCCCNC(=O)[C@@H](Cc1ccccc1)N(Cc1ccccc1F)C(=O)CN(c1cccc(OC)c1)S(C)(=O)=O. The molecule has 0 aliphatic heterocycles. The van der Waals surface area contributed by atoms with Gasteiger partial charge in [0, 0.05) is 31.1 Å². The summed E-state index contributed by atoms with van der Waals surface area (Å²) in [5, 5.41) is 2.90. The van der Waals surface area contributed by atoms with Crippen molar-refractivity contribution in [2.45, 2.75) is 38.8 Å². The lowest BCUT2D eigenvalue weighted by atomic mass is 10.0. The third-order valence-electron chi connectivity index (χ3n) is 6.42. The highest BCUT2D eigenvalue weighted by molar-refractivity contribution is 7.92. The number of sulfonamides is 1. The van der Waals surface area contributed by atoms with E-state index in [1.807, 2.05) is 37.3 Å². The van der Waals surface area contributed by atoms with Gasteiger partial charge in [-0.2, -0.15) is 0 Å².